The topological polar surface area (TPSA) is 38.9 Å². The van der Waals surface area contributed by atoms with Gasteiger partial charge in [-0.3, -0.25) is 4.98 Å². The summed E-state index contributed by atoms with van der Waals surface area (Å²) < 4.78 is 0. The minimum atomic E-state index is 0.00929. The molecule has 0 fully saturated rings. The normalized spacial score (nSPS) is 13.4. The number of fused-ring (bicyclic) bond motifs is 1. The maximum atomic E-state index is 6.15. The summed E-state index contributed by atoms with van der Waals surface area (Å²) in [6.07, 6.45) is 5.61. The van der Waals surface area contributed by atoms with Crippen LogP contribution in [0.3, 0.4) is 0 Å². The van der Waals surface area contributed by atoms with E-state index in [2.05, 4.69) is 4.98 Å². The molecule has 0 bridgehead atoms. The number of aromatic nitrogens is 1. The minimum absolute atomic E-state index is 0.00929. The molecule has 0 aliphatic heterocycles. The molecular formula is C13H13ClN2. The van der Waals surface area contributed by atoms with Crippen LogP contribution in [0, 0.1) is 0 Å². The highest BCUT2D eigenvalue weighted by Crippen LogP contribution is 2.25. The summed E-state index contributed by atoms with van der Waals surface area (Å²) in [7, 11) is 0. The number of benzene rings is 1. The van der Waals surface area contributed by atoms with Crippen LogP contribution in [-0.4, -0.2) is 11.0 Å². The van der Waals surface area contributed by atoms with Gasteiger partial charge in [0.2, 0.25) is 0 Å². The summed E-state index contributed by atoms with van der Waals surface area (Å²) in [4.78, 5) is 4.34. The first-order valence-corrected chi connectivity index (χ1v) is 5.53. The Morgan fingerprint density at radius 3 is 2.94 bits per heavy atom. The van der Waals surface area contributed by atoms with Gasteiger partial charge in [-0.05, 0) is 19.1 Å². The first-order valence-electron chi connectivity index (χ1n) is 5.15. The predicted molar refractivity (Wildman–Crippen MR) is 69.4 cm³/mol. The third kappa shape index (κ3) is 2.23. The van der Waals surface area contributed by atoms with Gasteiger partial charge in [0, 0.05) is 28.2 Å². The van der Waals surface area contributed by atoms with Crippen molar-refractivity contribution in [2.75, 3.05) is 0 Å². The van der Waals surface area contributed by atoms with E-state index in [1.165, 1.54) is 0 Å². The summed E-state index contributed by atoms with van der Waals surface area (Å²) in [5, 5.41) is 1.78. The maximum Gasteiger partial charge on any atom is 0.0789 e. The van der Waals surface area contributed by atoms with Gasteiger partial charge in [0.25, 0.3) is 0 Å². The van der Waals surface area contributed by atoms with Gasteiger partial charge in [-0.1, -0.05) is 35.9 Å². The van der Waals surface area contributed by atoms with Crippen molar-refractivity contribution in [1.29, 1.82) is 0 Å². The van der Waals surface area contributed by atoms with Crippen LogP contribution in [-0.2, 0) is 0 Å². The van der Waals surface area contributed by atoms with Crippen molar-refractivity contribution in [2.45, 2.75) is 13.0 Å². The quantitative estimate of drug-likeness (QED) is 0.863. The maximum absolute atomic E-state index is 6.15. The lowest BCUT2D eigenvalue weighted by atomic mass is 10.1. The Labute approximate surface area is 99.7 Å². The molecule has 16 heavy (non-hydrogen) atoms. The number of rotatable bonds is 2. The van der Waals surface area contributed by atoms with Gasteiger partial charge in [0.1, 0.15) is 0 Å². The van der Waals surface area contributed by atoms with Gasteiger partial charge in [0.05, 0.1) is 5.52 Å². The van der Waals surface area contributed by atoms with E-state index < -0.39 is 0 Å². The van der Waals surface area contributed by atoms with E-state index in [0.29, 0.717) is 5.02 Å². The Morgan fingerprint density at radius 1 is 1.38 bits per heavy atom. The van der Waals surface area contributed by atoms with Crippen LogP contribution in [0.1, 0.15) is 12.5 Å². The molecular weight excluding hydrogens is 220 g/mol. The van der Waals surface area contributed by atoms with Crippen molar-refractivity contribution in [2.24, 2.45) is 5.73 Å². The second-order valence-electron chi connectivity index (χ2n) is 3.75. The molecule has 1 aromatic carbocycles. The summed E-state index contributed by atoms with van der Waals surface area (Å²) in [5.41, 5.74) is 7.52. The molecule has 0 spiro atoms. The van der Waals surface area contributed by atoms with Crippen LogP contribution in [0.2, 0.25) is 5.02 Å². The fourth-order valence-corrected chi connectivity index (χ4v) is 1.77. The Hall–Kier alpha value is -1.38. The average Bonchev–Trinajstić information content (AvgIpc) is 2.27. The molecule has 2 aromatic rings. The van der Waals surface area contributed by atoms with Gasteiger partial charge in [-0.2, -0.15) is 0 Å². The van der Waals surface area contributed by atoms with E-state index in [9.17, 15) is 0 Å². The fourth-order valence-electron chi connectivity index (χ4n) is 1.55. The van der Waals surface area contributed by atoms with Gasteiger partial charge in [0.15, 0.2) is 0 Å². The first kappa shape index (κ1) is 11.1. The molecule has 0 amide bonds. The second kappa shape index (κ2) is 4.64. The number of halogens is 1. The predicted octanol–water partition coefficient (Wildman–Crippen LogP) is 3.25. The largest absolute Gasteiger partial charge is 0.325 e. The molecule has 2 nitrogen and oxygen atoms in total. The van der Waals surface area contributed by atoms with Crippen LogP contribution in [0.25, 0.3) is 17.0 Å². The number of nitrogens with two attached hydrogens (primary N) is 1. The summed E-state index contributed by atoms with van der Waals surface area (Å²) in [6.45, 7) is 1.92. The van der Waals surface area contributed by atoms with Crippen LogP contribution in [0.5, 0.6) is 0 Å². The molecule has 3 heteroatoms. The highest BCUT2D eigenvalue weighted by atomic mass is 35.5. The van der Waals surface area contributed by atoms with E-state index in [0.717, 1.165) is 16.5 Å². The lowest BCUT2D eigenvalue weighted by molar-refractivity contribution is 0.931. The zero-order valence-electron chi connectivity index (χ0n) is 9.02. The zero-order valence-corrected chi connectivity index (χ0v) is 9.78. The molecule has 0 saturated heterocycles. The van der Waals surface area contributed by atoms with Gasteiger partial charge in [-0.15, -0.1) is 0 Å². The fraction of sp³-hybridized carbons (Fsp3) is 0.154. The number of nitrogens with zero attached hydrogens (tertiary/aromatic N) is 1. The molecule has 82 valence electrons. The molecule has 0 aliphatic rings. The summed E-state index contributed by atoms with van der Waals surface area (Å²) in [6, 6.07) is 7.78. The van der Waals surface area contributed by atoms with Crippen molar-refractivity contribution in [3.63, 3.8) is 0 Å². The van der Waals surface area contributed by atoms with E-state index in [1.807, 2.05) is 43.3 Å². The molecule has 0 aliphatic carbocycles. The SMILES string of the molecule is CC(N)/C=C/c1c(Cl)ccc2cccnc12. The molecule has 1 heterocycles. The third-order valence-electron chi connectivity index (χ3n) is 2.33. The van der Waals surface area contributed by atoms with Gasteiger partial charge < -0.3 is 5.73 Å². The smallest absolute Gasteiger partial charge is 0.0789 e. The first-order chi connectivity index (χ1) is 7.68. The highest BCUT2D eigenvalue weighted by molar-refractivity contribution is 6.33. The van der Waals surface area contributed by atoms with Crippen molar-refractivity contribution in [1.82, 2.24) is 4.98 Å². The van der Waals surface area contributed by atoms with Crippen molar-refractivity contribution < 1.29 is 0 Å². The molecule has 1 atom stereocenters. The van der Waals surface area contributed by atoms with Gasteiger partial charge >= 0.3 is 0 Å². The number of hydrogen-bond acceptors (Lipinski definition) is 2. The van der Waals surface area contributed by atoms with Crippen molar-refractivity contribution in [3.05, 3.63) is 47.1 Å². The summed E-state index contributed by atoms with van der Waals surface area (Å²) >= 11 is 6.15. The number of hydrogen-bond donors (Lipinski definition) is 1. The van der Waals surface area contributed by atoms with E-state index in [4.69, 9.17) is 17.3 Å². The molecule has 2 N–H and O–H groups in total. The van der Waals surface area contributed by atoms with E-state index >= 15 is 0 Å². The Morgan fingerprint density at radius 2 is 2.19 bits per heavy atom. The minimum Gasteiger partial charge on any atom is -0.325 e. The standard InChI is InChI=1S/C13H13ClN2/c1-9(15)4-6-11-12(14)7-5-10-3-2-8-16-13(10)11/h2-9H,15H2,1H3/b6-4+. The molecule has 1 aromatic heterocycles. The van der Waals surface area contributed by atoms with E-state index in [-0.39, 0.29) is 6.04 Å². The lowest BCUT2D eigenvalue weighted by Gasteiger charge is -2.04. The highest BCUT2D eigenvalue weighted by Gasteiger charge is 2.03. The van der Waals surface area contributed by atoms with Crippen LogP contribution >= 0.6 is 11.6 Å². The number of pyridine rings is 1. The van der Waals surface area contributed by atoms with Crippen molar-refractivity contribution >= 4 is 28.6 Å². The second-order valence-corrected chi connectivity index (χ2v) is 4.16. The molecule has 1 unspecified atom stereocenters. The Bertz CT molecular complexity index is 532. The van der Waals surface area contributed by atoms with Crippen LogP contribution < -0.4 is 5.73 Å². The third-order valence-corrected chi connectivity index (χ3v) is 2.66. The molecule has 2 rings (SSSR count). The Balaban J connectivity index is 2.61. The summed E-state index contributed by atoms with van der Waals surface area (Å²) in [5.74, 6) is 0. The monoisotopic (exact) mass is 232 g/mol. The van der Waals surface area contributed by atoms with E-state index in [1.54, 1.807) is 6.20 Å². The average molecular weight is 233 g/mol. The molecule has 0 radical (unpaired) electrons. The van der Waals surface area contributed by atoms with Crippen LogP contribution in [0.15, 0.2) is 36.5 Å². The lowest BCUT2D eigenvalue weighted by Crippen LogP contribution is -2.09. The Kier molecular flexibility index (Phi) is 3.22. The zero-order chi connectivity index (χ0) is 11.5. The van der Waals surface area contributed by atoms with Crippen LogP contribution in [0.4, 0.5) is 0 Å². The van der Waals surface area contributed by atoms with Gasteiger partial charge in [-0.25, -0.2) is 0 Å². The molecule has 0 saturated carbocycles. The van der Waals surface area contributed by atoms with Crippen molar-refractivity contribution in [3.8, 4) is 0 Å².